The van der Waals surface area contributed by atoms with Crippen molar-refractivity contribution < 1.29 is 14.3 Å². The maximum absolute atomic E-state index is 12.6. The molecule has 134 valence electrons. The highest BCUT2D eigenvalue weighted by Gasteiger charge is 2.40. The summed E-state index contributed by atoms with van der Waals surface area (Å²) in [6.45, 7) is 0.715. The molecule has 2 aromatic carbocycles. The summed E-state index contributed by atoms with van der Waals surface area (Å²) in [4.78, 5) is 26.7. The highest BCUT2D eigenvalue weighted by atomic mass is 16.5. The summed E-state index contributed by atoms with van der Waals surface area (Å²) in [6.07, 6.45) is 4.58. The minimum absolute atomic E-state index is 0.00336. The van der Waals surface area contributed by atoms with Crippen LogP contribution in [0, 0.1) is 0 Å². The topological polar surface area (TPSA) is 46.6 Å². The zero-order valence-corrected chi connectivity index (χ0v) is 14.8. The van der Waals surface area contributed by atoms with Crippen molar-refractivity contribution >= 4 is 11.8 Å². The van der Waals surface area contributed by atoms with Crippen LogP contribution in [0.4, 0.5) is 0 Å². The van der Waals surface area contributed by atoms with E-state index in [0.717, 1.165) is 32.1 Å². The number of nitrogens with zero attached hydrogens (tertiary/aromatic N) is 1. The molecule has 1 aliphatic heterocycles. The van der Waals surface area contributed by atoms with Crippen molar-refractivity contribution in [3.05, 3.63) is 71.3 Å². The van der Waals surface area contributed by atoms with Crippen molar-refractivity contribution in [2.75, 3.05) is 6.61 Å². The van der Waals surface area contributed by atoms with E-state index in [9.17, 15) is 9.59 Å². The average Bonchev–Trinajstić information content (AvgIpc) is 2.94. The van der Waals surface area contributed by atoms with Crippen molar-refractivity contribution in [2.24, 2.45) is 0 Å². The molecule has 0 N–H and O–H groups in total. The number of imide groups is 1. The lowest BCUT2D eigenvalue weighted by Gasteiger charge is -2.33. The minimum atomic E-state index is -0.140. The Bertz CT molecular complexity index is 759. The number of hydrogen-bond donors (Lipinski definition) is 0. The van der Waals surface area contributed by atoms with E-state index in [1.165, 1.54) is 10.5 Å². The largest absolute Gasteiger partial charge is 0.378 e. The van der Waals surface area contributed by atoms with Crippen LogP contribution in [0.25, 0.3) is 0 Å². The molecule has 4 nitrogen and oxygen atoms in total. The van der Waals surface area contributed by atoms with Gasteiger partial charge in [0.1, 0.15) is 0 Å². The van der Waals surface area contributed by atoms with Gasteiger partial charge in [0.15, 0.2) is 0 Å². The Morgan fingerprint density at radius 1 is 0.808 bits per heavy atom. The number of carbonyl (C=O) groups excluding carboxylic acids is 2. The zero-order chi connectivity index (χ0) is 17.9. The van der Waals surface area contributed by atoms with Crippen molar-refractivity contribution in [3.63, 3.8) is 0 Å². The number of rotatable bonds is 5. The van der Waals surface area contributed by atoms with E-state index >= 15 is 0 Å². The van der Waals surface area contributed by atoms with Crippen LogP contribution in [0.2, 0.25) is 0 Å². The quantitative estimate of drug-likeness (QED) is 0.770. The Hall–Kier alpha value is -2.46. The summed E-state index contributed by atoms with van der Waals surface area (Å²) in [5.74, 6) is -0.280. The number of amides is 2. The smallest absolute Gasteiger partial charge is 0.261 e. The van der Waals surface area contributed by atoms with Crippen LogP contribution in [0.3, 0.4) is 0 Å². The van der Waals surface area contributed by atoms with Crippen LogP contribution in [0.15, 0.2) is 54.6 Å². The van der Waals surface area contributed by atoms with Crippen molar-refractivity contribution in [2.45, 2.75) is 44.2 Å². The molecule has 0 atom stereocenters. The molecular weight excluding hydrogens is 326 g/mol. The second-order valence-corrected chi connectivity index (χ2v) is 7.06. The van der Waals surface area contributed by atoms with Crippen molar-refractivity contribution in [1.29, 1.82) is 0 Å². The number of fused-ring (bicyclic) bond motifs is 1. The van der Waals surface area contributed by atoms with Gasteiger partial charge in [-0.15, -0.1) is 0 Å². The van der Waals surface area contributed by atoms with Gasteiger partial charge in [0.2, 0.25) is 0 Å². The Balaban J connectivity index is 1.29. The summed E-state index contributed by atoms with van der Waals surface area (Å²) in [7, 11) is 0. The van der Waals surface area contributed by atoms with Gasteiger partial charge in [0.25, 0.3) is 11.8 Å². The highest BCUT2D eigenvalue weighted by Crippen LogP contribution is 2.31. The molecule has 1 aliphatic carbocycles. The molecule has 4 heteroatoms. The first-order chi connectivity index (χ1) is 12.7. The maximum Gasteiger partial charge on any atom is 0.261 e. The van der Waals surface area contributed by atoms with Gasteiger partial charge in [-0.3, -0.25) is 14.5 Å². The first kappa shape index (κ1) is 17.0. The van der Waals surface area contributed by atoms with E-state index in [1.807, 2.05) is 30.3 Å². The van der Waals surface area contributed by atoms with Crippen LogP contribution in [-0.4, -0.2) is 35.5 Å². The summed E-state index contributed by atoms with van der Waals surface area (Å²) in [5.41, 5.74) is 2.37. The van der Waals surface area contributed by atoms with E-state index in [0.29, 0.717) is 17.7 Å². The lowest BCUT2D eigenvalue weighted by molar-refractivity contribution is 0.0106. The normalized spacial score (nSPS) is 22.5. The third kappa shape index (κ3) is 3.29. The van der Waals surface area contributed by atoms with E-state index in [4.69, 9.17) is 4.74 Å². The zero-order valence-electron chi connectivity index (χ0n) is 14.8. The predicted molar refractivity (Wildman–Crippen MR) is 99.1 cm³/mol. The second-order valence-electron chi connectivity index (χ2n) is 7.06. The van der Waals surface area contributed by atoms with Gasteiger partial charge in [0, 0.05) is 6.04 Å². The summed E-state index contributed by atoms with van der Waals surface area (Å²) in [5, 5.41) is 0. The SMILES string of the molecule is O=C1c2ccccc2C(=O)N1C1CCC(OCCc2ccccc2)CC1. The van der Waals surface area contributed by atoms with Crippen LogP contribution >= 0.6 is 0 Å². The number of benzene rings is 2. The van der Waals surface area contributed by atoms with Gasteiger partial charge >= 0.3 is 0 Å². The Labute approximate surface area is 153 Å². The molecule has 0 bridgehead atoms. The summed E-state index contributed by atoms with van der Waals surface area (Å²) >= 11 is 0. The maximum atomic E-state index is 12.6. The van der Waals surface area contributed by atoms with E-state index in [1.54, 1.807) is 12.1 Å². The minimum Gasteiger partial charge on any atom is -0.378 e. The van der Waals surface area contributed by atoms with Gasteiger partial charge in [-0.1, -0.05) is 42.5 Å². The molecule has 4 rings (SSSR count). The van der Waals surface area contributed by atoms with Gasteiger partial charge in [-0.2, -0.15) is 0 Å². The van der Waals surface area contributed by atoms with E-state index in [-0.39, 0.29) is 24.0 Å². The third-order valence-corrected chi connectivity index (χ3v) is 5.42. The predicted octanol–water partition coefficient (Wildman–Crippen LogP) is 3.85. The second kappa shape index (κ2) is 7.42. The first-order valence-electron chi connectivity index (χ1n) is 9.36. The fourth-order valence-corrected chi connectivity index (χ4v) is 4.00. The van der Waals surface area contributed by atoms with E-state index < -0.39 is 0 Å². The van der Waals surface area contributed by atoms with Crippen molar-refractivity contribution in [3.8, 4) is 0 Å². The molecule has 1 saturated carbocycles. The molecule has 0 unspecified atom stereocenters. The lowest BCUT2D eigenvalue weighted by Crippen LogP contribution is -2.43. The van der Waals surface area contributed by atoms with Crippen LogP contribution in [0.5, 0.6) is 0 Å². The Kier molecular flexibility index (Phi) is 4.85. The molecule has 26 heavy (non-hydrogen) atoms. The summed E-state index contributed by atoms with van der Waals surface area (Å²) < 4.78 is 6.02. The van der Waals surface area contributed by atoms with E-state index in [2.05, 4.69) is 12.1 Å². The number of carbonyl (C=O) groups is 2. The average molecular weight is 349 g/mol. The van der Waals surface area contributed by atoms with Gasteiger partial charge in [0.05, 0.1) is 23.8 Å². The third-order valence-electron chi connectivity index (χ3n) is 5.42. The molecule has 1 fully saturated rings. The molecule has 2 amide bonds. The molecule has 0 saturated heterocycles. The van der Waals surface area contributed by atoms with Gasteiger partial charge < -0.3 is 4.74 Å². The van der Waals surface area contributed by atoms with Crippen molar-refractivity contribution in [1.82, 2.24) is 4.90 Å². The molecule has 1 heterocycles. The molecule has 0 aromatic heterocycles. The van der Waals surface area contributed by atoms with Crippen LogP contribution in [-0.2, 0) is 11.2 Å². The fraction of sp³-hybridized carbons (Fsp3) is 0.364. The molecular formula is C22H23NO3. The molecule has 0 radical (unpaired) electrons. The molecule has 0 spiro atoms. The highest BCUT2D eigenvalue weighted by molar-refractivity contribution is 6.21. The standard InChI is InChI=1S/C22H23NO3/c24-21-19-8-4-5-9-20(19)22(25)23(21)17-10-12-18(13-11-17)26-15-14-16-6-2-1-3-7-16/h1-9,17-18H,10-15H2. The Morgan fingerprint density at radius 2 is 1.38 bits per heavy atom. The molecule has 2 aliphatic rings. The van der Waals surface area contributed by atoms with Crippen LogP contribution in [0.1, 0.15) is 52.0 Å². The van der Waals surface area contributed by atoms with Crippen LogP contribution < -0.4 is 0 Å². The van der Waals surface area contributed by atoms with Gasteiger partial charge in [-0.05, 0) is 49.8 Å². The number of hydrogen-bond acceptors (Lipinski definition) is 3. The van der Waals surface area contributed by atoms with Gasteiger partial charge in [-0.25, -0.2) is 0 Å². The molecule has 2 aromatic rings. The fourth-order valence-electron chi connectivity index (χ4n) is 4.00. The lowest BCUT2D eigenvalue weighted by atomic mass is 9.92. The summed E-state index contributed by atoms with van der Waals surface area (Å²) in [6, 6.07) is 17.4. The monoisotopic (exact) mass is 349 g/mol. The Morgan fingerprint density at radius 3 is 2.00 bits per heavy atom. The first-order valence-corrected chi connectivity index (χ1v) is 9.36. The number of ether oxygens (including phenoxy) is 1.